The highest BCUT2D eigenvalue weighted by atomic mass is 16.5. The first-order valence-corrected chi connectivity index (χ1v) is 5.69. The zero-order valence-electron chi connectivity index (χ0n) is 9.81. The molecule has 5 nitrogen and oxygen atoms in total. The number of nitrogens with one attached hydrogen (secondary N) is 2. The number of anilines is 1. The van der Waals surface area contributed by atoms with Crippen molar-refractivity contribution in [1.82, 2.24) is 15.2 Å². The lowest BCUT2D eigenvalue weighted by atomic mass is 10.3. The number of aromatic nitrogens is 3. The topological polar surface area (TPSA) is 62.8 Å². The molecule has 0 atom stereocenters. The largest absolute Gasteiger partial charge is 0.490 e. The molecular weight excluding hydrogens is 216 g/mol. The summed E-state index contributed by atoms with van der Waals surface area (Å²) in [6, 6.07) is 3.79. The third kappa shape index (κ3) is 3.21. The quantitative estimate of drug-likeness (QED) is 0.801. The van der Waals surface area contributed by atoms with Gasteiger partial charge in [-0.25, -0.2) is 4.98 Å². The van der Waals surface area contributed by atoms with Gasteiger partial charge in [0.05, 0.1) is 12.8 Å². The Hall–Kier alpha value is -2.04. The third-order valence-electron chi connectivity index (χ3n) is 2.25. The van der Waals surface area contributed by atoms with Gasteiger partial charge in [0.25, 0.3) is 0 Å². The Balaban J connectivity index is 1.99. The molecule has 0 spiro atoms. The van der Waals surface area contributed by atoms with Crippen molar-refractivity contribution in [2.75, 3.05) is 11.9 Å². The third-order valence-corrected chi connectivity index (χ3v) is 2.25. The molecule has 2 N–H and O–H groups in total. The molecule has 0 aromatic carbocycles. The maximum atomic E-state index is 5.61. The molecule has 0 aliphatic carbocycles. The van der Waals surface area contributed by atoms with Crippen LogP contribution >= 0.6 is 0 Å². The smallest absolute Gasteiger partial charge is 0.169 e. The standard InChI is InChI=1S/C12H16N4O/c1-2-6-17-11-4-3-5-13-12(11)14-7-10-8-15-16-9-10/h3-5,8-9H,2,6-7H2,1H3,(H,13,14)(H,15,16). The molecule has 0 radical (unpaired) electrons. The fourth-order valence-electron chi connectivity index (χ4n) is 1.41. The van der Waals surface area contributed by atoms with Gasteiger partial charge >= 0.3 is 0 Å². The van der Waals surface area contributed by atoms with Crippen molar-refractivity contribution >= 4 is 5.82 Å². The molecule has 0 saturated heterocycles. The Kier molecular flexibility index (Phi) is 3.96. The predicted octanol–water partition coefficient (Wildman–Crippen LogP) is 2.21. The van der Waals surface area contributed by atoms with Crippen LogP contribution in [0, 0.1) is 0 Å². The lowest BCUT2D eigenvalue weighted by Gasteiger charge is -2.10. The van der Waals surface area contributed by atoms with Crippen molar-refractivity contribution in [3.8, 4) is 5.75 Å². The predicted molar refractivity (Wildman–Crippen MR) is 65.9 cm³/mol. The van der Waals surface area contributed by atoms with E-state index in [4.69, 9.17) is 4.74 Å². The van der Waals surface area contributed by atoms with E-state index < -0.39 is 0 Å². The molecule has 2 heterocycles. The van der Waals surface area contributed by atoms with Crippen LogP contribution in [0.15, 0.2) is 30.7 Å². The highest BCUT2D eigenvalue weighted by Gasteiger charge is 2.03. The number of H-pyrrole nitrogens is 1. The van der Waals surface area contributed by atoms with E-state index in [1.54, 1.807) is 12.4 Å². The molecule has 0 amide bonds. The molecule has 2 aromatic heterocycles. The number of nitrogens with zero attached hydrogens (tertiary/aromatic N) is 2. The van der Waals surface area contributed by atoms with Crippen LogP contribution in [0.25, 0.3) is 0 Å². The first-order valence-electron chi connectivity index (χ1n) is 5.69. The Morgan fingerprint density at radius 2 is 2.41 bits per heavy atom. The van der Waals surface area contributed by atoms with Crippen LogP contribution in [0.2, 0.25) is 0 Å². The summed E-state index contributed by atoms with van der Waals surface area (Å²) in [5.41, 5.74) is 1.08. The number of hydrogen-bond acceptors (Lipinski definition) is 4. The molecule has 0 aliphatic rings. The zero-order valence-corrected chi connectivity index (χ0v) is 9.81. The summed E-state index contributed by atoms with van der Waals surface area (Å²) in [4.78, 5) is 4.26. The average Bonchev–Trinajstić information content (AvgIpc) is 2.88. The fraction of sp³-hybridized carbons (Fsp3) is 0.333. The summed E-state index contributed by atoms with van der Waals surface area (Å²) in [6.45, 7) is 3.46. The van der Waals surface area contributed by atoms with Gasteiger partial charge in [-0.15, -0.1) is 0 Å². The van der Waals surface area contributed by atoms with E-state index in [-0.39, 0.29) is 0 Å². The van der Waals surface area contributed by atoms with Crippen LogP contribution in [0.1, 0.15) is 18.9 Å². The van der Waals surface area contributed by atoms with Crippen LogP contribution < -0.4 is 10.1 Å². The van der Waals surface area contributed by atoms with E-state index in [1.807, 2.05) is 18.3 Å². The number of pyridine rings is 1. The summed E-state index contributed by atoms with van der Waals surface area (Å²) in [5, 5.41) is 9.89. The highest BCUT2D eigenvalue weighted by molar-refractivity contribution is 5.49. The Bertz CT molecular complexity index is 442. The summed E-state index contributed by atoms with van der Waals surface area (Å²) in [6.07, 6.45) is 6.36. The Morgan fingerprint density at radius 3 is 3.18 bits per heavy atom. The first-order chi connectivity index (χ1) is 8.40. The van der Waals surface area contributed by atoms with E-state index in [9.17, 15) is 0 Å². The second-order valence-corrected chi connectivity index (χ2v) is 3.66. The number of ether oxygens (including phenoxy) is 1. The minimum Gasteiger partial charge on any atom is -0.490 e. The molecule has 0 fully saturated rings. The van der Waals surface area contributed by atoms with Gasteiger partial charge in [0, 0.05) is 24.5 Å². The lowest BCUT2D eigenvalue weighted by molar-refractivity contribution is 0.318. The average molecular weight is 232 g/mol. The minimum atomic E-state index is 0.677. The maximum absolute atomic E-state index is 5.61. The van der Waals surface area contributed by atoms with Crippen molar-refractivity contribution in [3.05, 3.63) is 36.3 Å². The molecule has 90 valence electrons. The Labute approximate surface area is 100 Å². The molecular formula is C12H16N4O. The van der Waals surface area contributed by atoms with Gasteiger partial charge in [-0.3, -0.25) is 5.10 Å². The van der Waals surface area contributed by atoms with E-state index in [1.165, 1.54) is 0 Å². The van der Waals surface area contributed by atoms with Gasteiger partial charge in [0.2, 0.25) is 0 Å². The molecule has 0 bridgehead atoms. The molecule has 0 saturated carbocycles. The number of rotatable bonds is 6. The van der Waals surface area contributed by atoms with Crippen LogP contribution in [-0.4, -0.2) is 21.8 Å². The van der Waals surface area contributed by atoms with Gasteiger partial charge in [-0.1, -0.05) is 6.92 Å². The van der Waals surface area contributed by atoms with Crippen LogP contribution in [0.3, 0.4) is 0 Å². The molecule has 17 heavy (non-hydrogen) atoms. The van der Waals surface area contributed by atoms with Crippen molar-refractivity contribution in [2.45, 2.75) is 19.9 Å². The normalized spacial score (nSPS) is 10.2. The van der Waals surface area contributed by atoms with Gasteiger partial charge in [0.1, 0.15) is 0 Å². The van der Waals surface area contributed by atoms with Gasteiger partial charge in [-0.05, 0) is 18.6 Å². The summed E-state index contributed by atoms with van der Waals surface area (Å²) in [5.74, 6) is 1.56. The molecule has 5 heteroatoms. The van der Waals surface area contributed by atoms with Crippen molar-refractivity contribution in [2.24, 2.45) is 0 Å². The SMILES string of the molecule is CCCOc1cccnc1NCc1cn[nH]c1. The molecule has 0 aliphatic heterocycles. The fourth-order valence-corrected chi connectivity index (χ4v) is 1.41. The van der Waals surface area contributed by atoms with Crippen molar-refractivity contribution < 1.29 is 4.74 Å². The minimum absolute atomic E-state index is 0.677. The first kappa shape index (κ1) is 11.4. The Morgan fingerprint density at radius 1 is 1.47 bits per heavy atom. The van der Waals surface area contributed by atoms with Crippen LogP contribution in [0.4, 0.5) is 5.82 Å². The van der Waals surface area contributed by atoms with E-state index in [0.29, 0.717) is 13.2 Å². The van der Waals surface area contributed by atoms with E-state index in [2.05, 4.69) is 27.4 Å². The van der Waals surface area contributed by atoms with Crippen molar-refractivity contribution in [1.29, 1.82) is 0 Å². The molecule has 2 aromatic rings. The van der Waals surface area contributed by atoms with E-state index >= 15 is 0 Å². The zero-order chi connectivity index (χ0) is 11.9. The van der Waals surface area contributed by atoms with Gasteiger partial charge < -0.3 is 10.1 Å². The number of hydrogen-bond donors (Lipinski definition) is 2. The van der Waals surface area contributed by atoms with E-state index in [0.717, 1.165) is 23.6 Å². The molecule has 2 rings (SSSR count). The monoisotopic (exact) mass is 232 g/mol. The highest BCUT2D eigenvalue weighted by Crippen LogP contribution is 2.21. The van der Waals surface area contributed by atoms with Gasteiger partial charge in [-0.2, -0.15) is 5.10 Å². The summed E-state index contributed by atoms with van der Waals surface area (Å²) >= 11 is 0. The summed E-state index contributed by atoms with van der Waals surface area (Å²) < 4.78 is 5.61. The van der Waals surface area contributed by atoms with Crippen molar-refractivity contribution in [3.63, 3.8) is 0 Å². The summed E-state index contributed by atoms with van der Waals surface area (Å²) in [7, 11) is 0. The lowest BCUT2D eigenvalue weighted by Crippen LogP contribution is -2.04. The maximum Gasteiger partial charge on any atom is 0.169 e. The number of aromatic amines is 1. The van der Waals surface area contributed by atoms with Gasteiger partial charge in [0.15, 0.2) is 11.6 Å². The van der Waals surface area contributed by atoms with Crippen LogP contribution in [-0.2, 0) is 6.54 Å². The van der Waals surface area contributed by atoms with Crippen LogP contribution in [0.5, 0.6) is 5.75 Å². The second kappa shape index (κ2) is 5.89. The molecule has 0 unspecified atom stereocenters. The second-order valence-electron chi connectivity index (χ2n) is 3.66.